The van der Waals surface area contributed by atoms with Crippen molar-refractivity contribution in [3.63, 3.8) is 0 Å². The number of hydrogen-bond acceptors (Lipinski definition) is 3. The molecule has 17 heavy (non-hydrogen) atoms. The Morgan fingerprint density at radius 1 is 1.53 bits per heavy atom. The molecule has 90 valence electrons. The van der Waals surface area contributed by atoms with Gasteiger partial charge in [-0.15, -0.1) is 0 Å². The molecule has 2 aromatic rings. The van der Waals surface area contributed by atoms with Gasteiger partial charge in [0, 0.05) is 13.1 Å². The van der Waals surface area contributed by atoms with Gasteiger partial charge in [0.2, 0.25) is 5.91 Å². The maximum absolute atomic E-state index is 11.0. The van der Waals surface area contributed by atoms with Crippen LogP contribution in [0.5, 0.6) is 0 Å². The number of hydrogen-bond donors (Lipinski definition) is 2. The summed E-state index contributed by atoms with van der Waals surface area (Å²) in [6.45, 7) is 3.49. The number of benzene rings is 1. The Bertz CT molecular complexity index is 532. The second-order valence-corrected chi connectivity index (χ2v) is 3.83. The molecule has 0 atom stereocenters. The Morgan fingerprint density at radius 3 is 3.06 bits per heavy atom. The Morgan fingerprint density at radius 2 is 2.35 bits per heavy atom. The zero-order valence-corrected chi connectivity index (χ0v) is 9.81. The molecule has 0 aliphatic rings. The highest BCUT2D eigenvalue weighted by Gasteiger charge is 2.03. The molecule has 1 heterocycles. The van der Waals surface area contributed by atoms with E-state index in [9.17, 15) is 4.79 Å². The van der Waals surface area contributed by atoms with Gasteiger partial charge in [-0.05, 0) is 24.6 Å². The highest BCUT2D eigenvalue weighted by Crippen LogP contribution is 2.14. The minimum Gasteiger partial charge on any atom is -0.351 e. The molecule has 2 rings (SSSR count). The van der Waals surface area contributed by atoms with Crippen LogP contribution in [0.2, 0.25) is 0 Å². The lowest BCUT2D eigenvalue weighted by Crippen LogP contribution is -2.29. The van der Waals surface area contributed by atoms with Crippen LogP contribution in [0.3, 0.4) is 0 Å². The third-order valence-corrected chi connectivity index (χ3v) is 2.70. The summed E-state index contributed by atoms with van der Waals surface area (Å²) in [6, 6.07) is 6.00. The molecule has 0 bridgehead atoms. The van der Waals surface area contributed by atoms with Crippen molar-refractivity contribution >= 4 is 16.9 Å². The summed E-state index contributed by atoms with van der Waals surface area (Å²) in [4.78, 5) is 15.4. The number of aryl methyl sites for hydroxylation is 1. The number of carbonyl (C=O) groups is 1. The van der Waals surface area contributed by atoms with Crippen molar-refractivity contribution in [1.29, 1.82) is 0 Å². The molecule has 1 aromatic carbocycles. The quantitative estimate of drug-likeness (QED) is 0.812. The van der Waals surface area contributed by atoms with E-state index < -0.39 is 0 Å². The van der Waals surface area contributed by atoms with E-state index in [1.54, 1.807) is 0 Å². The van der Waals surface area contributed by atoms with Gasteiger partial charge in [0.15, 0.2) is 0 Å². The summed E-state index contributed by atoms with van der Waals surface area (Å²) in [6.07, 6.45) is 1.83. The average molecular weight is 232 g/mol. The van der Waals surface area contributed by atoms with E-state index in [1.807, 2.05) is 24.5 Å². The lowest BCUT2D eigenvalue weighted by atomic mass is 10.2. The Hall–Kier alpha value is -1.88. The van der Waals surface area contributed by atoms with Gasteiger partial charge < -0.3 is 15.6 Å². The summed E-state index contributed by atoms with van der Waals surface area (Å²) in [7, 11) is 0. The van der Waals surface area contributed by atoms with Crippen LogP contribution in [-0.2, 0) is 17.9 Å². The van der Waals surface area contributed by atoms with E-state index in [1.165, 1.54) is 0 Å². The number of carbonyl (C=O) groups excluding carboxylic acids is 1. The number of nitrogens with one attached hydrogen (secondary N) is 1. The lowest BCUT2D eigenvalue weighted by Gasteiger charge is -2.04. The maximum Gasteiger partial charge on any atom is 0.234 e. The first kappa shape index (κ1) is 11.6. The van der Waals surface area contributed by atoms with Gasteiger partial charge in [-0.25, -0.2) is 4.98 Å². The van der Waals surface area contributed by atoms with Crippen LogP contribution < -0.4 is 11.1 Å². The summed E-state index contributed by atoms with van der Waals surface area (Å²) < 4.78 is 2.08. The van der Waals surface area contributed by atoms with Gasteiger partial charge in [0.25, 0.3) is 0 Å². The van der Waals surface area contributed by atoms with Crippen LogP contribution in [0.4, 0.5) is 0 Å². The molecular formula is C12H16N4O. The molecule has 3 N–H and O–H groups in total. The monoisotopic (exact) mass is 232 g/mol. The number of nitrogens with zero attached hydrogens (tertiary/aromatic N) is 2. The van der Waals surface area contributed by atoms with Crippen LogP contribution in [0, 0.1) is 0 Å². The second-order valence-electron chi connectivity index (χ2n) is 3.83. The number of nitrogens with two attached hydrogens (primary N) is 1. The predicted molar refractivity (Wildman–Crippen MR) is 66.3 cm³/mol. The van der Waals surface area contributed by atoms with E-state index in [0.717, 1.165) is 23.1 Å². The summed E-state index contributed by atoms with van der Waals surface area (Å²) >= 11 is 0. The van der Waals surface area contributed by atoms with E-state index >= 15 is 0 Å². The third-order valence-electron chi connectivity index (χ3n) is 2.70. The third kappa shape index (κ3) is 2.45. The minimum atomic E-state index is -0.149. The highest BCUT2D eigenvalue weighted by molar-refractivity contribution is 5.78. The maximum atomic E-state index is 11.0. The van der Waals surface area contributed by atoms with Crippen LogP contribution in [-0.4, -0.2) is 22.0 Å². The number of rotatable bonds is 4. The highest BCUT2D eigenvalue weighted by atomic mass is 16.1. The fraction of sp³-hybridized carbons (Fsp3) is 0.333. The fourth-order valence-corrected chi connectivity index (χ4v) is 1.74. The van der Waals surface area contributed by atoms with Crippen LogP contribution in [0.25, 0.3) is 11.0 Å². The first-order valence-electron chi connectivity index (χ1n) is 5.65. The SMILES string of the molecule is CCn1cnc2cc(CNC(=O)CN)ccc21. The summed E-state index contributed by atoms with van der Waals surface area (Å²) in [5.74, 6) is -0.149. The van der Waals surface area contributed by atoms with Crippen molar-refractivity contribution in [3.8, 4) is 0 Å². The molecule has 0 unspecified atom stereocenters. The largest absolute Gasteiger partial charge is 0.351 e. The van der Waals surface area contributed by atoms with Gasteiger partial charge in [-0.2, -0.15) is 0 Å². The van der Waals surface area contributed by atoms with Crippen LogP contribution >= 0.6 is 0 Å². The molecule has 0 spiro atoms. The van der Waals surface area contributed by atoms with Crippen molar-refractivity contribution in [3.05, 3.63) is 30.1 Å². The molecule has 1 aromatic heterocycles. The number of aromatic nitrogens is 2. The Kier molecular flexibility index (Phi) is 3.39. The second kappa shape index (κ2) is 4.97. The lowest BCUT2D eigenvalue weighted by molar-refractivity contribution is -0.119. The summed E-state index contributed by atoms with van der Waals surface area (Å²) in [5.41, 5.74) is 8.31. The molecule has 0 radical (unpaired) electrons. The Balaban J connectivity index is 2.18. The zero-order chi connectivity index (χ0) is 12.3. The topological polar surface area (TPSA) is 72.9 Å². The predicted octanol–water partition coefficient (Wildman–Crippen LogP) is 0.631. The normalized spacial score (nSPS) is 10.7. The van der Waals surface area contributed by atoms with Crippen LogP contribution in [0.1, 0.15) is 12.5 Å². The average Bonchev–Trinajstić information content (AvgIpc) is 2.78. The van der Waals surface area contributed by atoms with Gasteiger partial charge in [0.05, 0.1) is 23.9 Å². The van der Waals surface area contributed by atoms with Crippen molar-refractivity contribution in [2.45, 2.75) is 20.0 Å². The molecule has 0 saturated carbocycles. The van der Waals surface area contributed by atoms with E-state index in [2.05, 4.69) is 21.8 Å². The van der Waals surface area contributed by atoms with E-state index in [-0.39, 0.29) is 12.5 Å². The fourth-order valence-electron chi connectivity index (χ4n) is 1.74. The molecule has 5 heteroatoms. The zero-order valence-electron chi connectivity index (χ0n) is 9.81. The number of fused-ring (bicyclic) bond motifs is 1. The van der Waals surface area contributed by atoms with E-state index in [0.29, 0.717) is 6.54 Å². The van der Waals surface area contributed by atoms with Crippen LogP contribution in [0.15, 0.2) is 24.5 Å². The molecule has 0 aliphatic heterocycles. The number of imidazole rings is 1. The smallest absolute Gasteiger partial charge is 0.234 e. The molecule has 0 fully saturated rings. The van der Waals surface area contributed by atoms with Crippen molar-refractivity contribution in [2.75, 3.05) is 6.54 Å². The first-order chi connectivity index (χ1) is 8.24. The molecule has 1 amide bonds. The first-order valence-corrected chi connectivity index (χ1v) is 5.65. The van der Waals surface area contributed by atoms with Gasteiger partial charge in [-0.3, -0.25) is 4.79 Å². The molecular weight excluding hydrogens is 216 g/mol. The number of amides is 1. The van der Waals surface area contributed by atoms with E-state index in [4.69, 9.17) is 5.73 Å². The molecule has 0 aliphatic carbocycles. The Labute approximate surface area is 99.6 Å². The minimum absolute atomic E-state index is 0.0205. The molecule has 0 saturated heterocycles. The standard InChI is InChI=1S/C12H16N4O/c1-2-16-8-15-10-5-9(3-4-11(10)16)7-14-12(17)6-13/h3-5,8H,2,6-7,13H2,1H3,(H,14,17). The van der Waals surface area contributed by atoms with Crippen molar-refractivity contribution < 1.29 is 4.79 Å². The van der Waals surface area contributed by atoms with Crippen molar-refractivity contribution in [2.24, 2.45) is 5.73 Å². The van der Waals surface area contributed by atoms with Gasteiger partial charge >= 0.3 is 0 Å². The van der Waals surface area contributed by atoms with Gasteiger partial charge in [-0.1, -0.05) is 6.07 Å². The van der Waals surface area contributed by atoms with Crippen molar-refractivity contribution in [1.82, 2.24) is 14.9 Å². The van der Waals surface area contributed by atoms with Gasteiger partial charge in [0.1, 0.15) is 0 Å². The molecule has 5 nitrogen and oxygen atoms in total. The summed E-state index contributed by atoms with van der Waals surface area (Å²) in [5, 5.41) is 2.74.